The predicted octanol–water partition coefficient (Wildman–Crippen LogP) is 3.67. The number of nitrogens with one attached hydrogen (secondary N) is 1. The lowest BCUT2D eigenvalue weighted by atomic mass is 9.74. The van der Waals surface area contributed by atoms with Gasteiger partial charge in [-0.2, -0.15) is 13.2 Å². The van der Waals surface area contributed by atoms with Gasteiger partial charge in [-0.15, -0.1) is 0 Å². The van der Waals surface area contributed by atoms with Gasteiger partial charge in [0, 0.05) is 24.5 Å². The molecule has 2 aromatic rings. The summed E-state index contributed by atoms with van der Waals surface area (Å²) in [6.07, 6.45) is 0.115. The Labute approximate surface area is 154 Å². The largest absolute Gasteiger partial charge is 0.416 e. The van der Waals surface area contributed by atoms with Crippen molar-refractivity contribution in [2.75, 3.05) is 19.6 Å². The van der Waals surface area contributed by atoms with Crippen molar-refractivity contribution < 1.29 is 18.0 Å². The number of piperidine rings is 3. The van der Waals surface area contributed by atoms with Crippen LogP contribution in [-0.4, -0.2) is 41.0 Å². The van der Waals surface area contributed by atoms with E-state index in [1.54, 1.807) is 12.3 Å². The smallest absolute Gasteiger partial charge is 0.300 e. The van der Waals surface area contributed by atoms with E-state index in [4.69, 9.17) is 4.84 Å². The molecule has 8 heteroatoms. The Morgan fingerprint density at radius 1 is 1.19 bits per heavy atom. The van der Waals surface area contributed by atoms with Gasteiger partial charge in [-0.25, -0.2) is 9.98 Å². The molecule has 6 rings (SSSR count). The minimum absolute atomic E-state index is 0.240. The van der Waals surface area contributed by atoms with E-state index in [1.165, 1.54) is 6.07 Å². The van der Waals surface area contributed by atoms with Crippen LogP contribution in [0.25, 0.3) is 10.8 Å². The van der Waals surface area contributed by atoms with E-state index < -0.39 is 11.7 Å². The van der Waals surface area contributed by atoms with Crippen molar-refractivity contribution in [1.29, 1.82) is 0 Å². The zero-order valence-electron chi connectivity index (χ0n) is 14.6. The first-order valence-corrected chi connectivity index (χ1v) is 9.12. The summed E-state index contributed by atoms with van der Waals surface area (Å²) < 4.78 is 38.8. The van der Waals surface area contributed by atoms with Gasteiger partial charge in [-0.05, 0) is 55.4 Å². The van der Waals surface area contributed by atoms with Gasteiger partial charge in [-0.1, -0.05) is 6.07 Å². The molecule has 0 radical (unpaired) electrons. The molecule has 1 aromatic carbocycles. The summed E-state index contributed by atoms with van der Waals surface area (Å²) in [4.78, 5) is 17.1. The number of aliphatic imine (C=N–C) groups is 1. The number of hydroxylamine groups is 1. The molecular weight excluding hydrogens is 357 g/mol. The highest BCUT2D eigenvalue weighted by atomic mass is 19.4. The molecule has 4 saturated heterocycles. The number of fused-ring (bicyclic) bond motifs is 3. The zero-order valence-corrected chi connectivity index (χ0v) is 14.6. The number of hydrogen-bond donors (Lipinski definition) is 1. The van der Waals surface area contributed by atoms with E-state index in [0.717, 1.165) is 44.6 Å². The highest BCUT2D eigenvalue weighted by molar-refractivity contribution is 5.88. The van der Waals surface area contributed by atoms with Crippen LogP contribution in [-0.2, 0) is 11.0 Å². The fraction of sp³-hybridized carbons (Fsp3) is 0.474. The molecule has 4 fully saturated rings. The minimum atomic E-state index is -4.37. The molecule has 1 spiro atoms. The number of aromatic nitrogens is 1. The maximum absolute atomic E-state index is 12.9. The molecule has 0 amide bonds. The summed E-state index contributed by atoms with van der Waals surface area (Å²) in [5.74, 6) is 1.58. The molecular formula is C19H19F3N4O. The standard InChI is InChI=1S/C19H19F3N4O/c20-19(21,22)15-2-1-12-10-23-16(8-13(12)7-15)24-17-9-18(27-25-17)11-26-5-3-14(18)4-6-26/h1-2,7-8,10,14H,3-6,9,11H2,(H,23,24,25). The summed E-state index contributed by atoms with van der Waals surface area (Å²) in [5.41, 5.74) is 2.02. The molecule has 1 atom stereocenters. The normalized spacial score (nSPS) is 31.7. The summed E-state index contributed by atoms with van der Waals surface area (Å²) in [6.45, 7) is 3.13. The van der Waals surface area contributed by atoms with Crippen LogP contribution < -0.4 is 5.48 Å². The zero-order chi connectivity index (χ0) is 18.6. The molecule has 1 unspecified atom stereocenters. The first kappa shape index (κ1) is 16.9. The van der Waals surface area contributed by atoms with E-state index in [9.17, 15) is 13.2 Å². The number of hydrogen-bond acceptors (Lipinski definition) is 4. The van der Waals surface area contributed by atoms with Crippen LogP contribution in [0.2, 0.25) is 0 Å². The molecule has 1 N–H and O–H groups in total. The van der Waals surface area contributed by atoms with Crippen LogP contribution in [0.1, 0.15) is 24.8 Å². The second kappa shape index (κ2) is 5.90. The van der Waals surface area contributed by atoms with Gasteiger partial charge in [0.05, 0.1) is 5.56 Å². The maximum Gasteiger partial charge on any atom is 0.416 e. The lowest BCUT2D eigenvalue weighted by molar-refractivity contribution is -0.150. The third-order valence-electron chi connectivity index (χ3n) is 5.95. The van der Waals surface area contributed by atoms with Crippen molar-refractivity contribution in [2.24, 2.45) is 10.9 Å². The van der Waals surface area contributed by atoms with Crippen LogP contribution >= 0.6 is 0 Å². The van der Waals surface area contributed by atoms with E-state index in [-0.39, 0.29) is 5.60 Å². The molecule has 142 valence electrons. The fourth-order valence-electron chi connectivity index (χ4n) is 4.52. The molecule has 5 nitrogen and oxygen atoms in total. The number of pyridine rings is 1. The van der Waals surface area contributed by atoms with Gasteiger partial charge in [0.15, 0.2) is 5.82 Å². The van der Waals surface area contributed by atoms with Crippen LogP contribution in [0.3, 0.4) is 0 Å². The van der Waals surface area contributed by atoms with Crippen molar-refractivity contribution in [2.45, 2.75) is 31.0 Å². The van der Waals surface area contributed by atoms with E-state index >= 15 is 0 Å². The number of halogens is 3. The minimum Gasteiger partial charge on any atom is -0.300 e. The van der Waals surface area contributed by atoms with Crippen molar-refractivity contribution >= 4 is 22.4 Å². The SMILES string of the molecule is FC(F)(F)c1ccc2cnc(N=C3CC4(CN5CCC4CC5)ON3)cc2c1. The summed E-state index contributed by atoms with van der Waals surface area (Å²) in [6, 6.07) is 5.22. The van der Waals surface area contributed by atoms with Gasteiger partial charge in [0.25, 0.3) is 0 Å². The number of amidine groups is 1. The Morgan fingerprint density at radius 3 is 2.70 bits per heavy atom. The molecule has 0 saturated carbocycles. The monoisotopic (exact) mass is 376 g/mol. The fourth-order valence-corrected chi connectivity index (χ4v) is 4.52. The van der Waals surface area contributed by atoms with Crippen molar-refractivity contribution in [3.63, 3.8) is 0 Å². The predicted molar refractivity (Wildman–Crippen MR) is 94.6 cm³/mol. The third kappa shape index (κ3) is 2.96. The molecule has 1 aromatic heterocycles. The van der Waals surface area contributed by atoms with Crippen LogP contribution in [0.15, 0.2) is 35.5 Å². The Morgan fingerprint density at radius 2 is 2.00 bits per heavy atom. The molecule has 4 aliphatic rings. The van der Waals surface area contributed by atoms with Gasteiger partial charge in [0.2, 0.25) is 0 Å². The average molecular weight is 376 g/mol. The lowest BCUT2D eigenvalue weighted by Gasteiger charge is -2.49. The summed E-state index contributed by atoms with van der Waals surface area (Å²) >= 11 is 0. The Balaban J connectivity index is 1.42. The molecule has 27 heavy (non-hydrogen) atoms. The number of benzene rings is 1. The number of alkyl halides is 3. The first-order chi connectivity index (χ1) is 12.9. The average Bonchev–Trinajstić information content (AvgIpc) is 3.03. The second-order valence-corrected chi connectivity index (χ2v) is 7.66. The quantitative estimate of drug-likeness (QED) is 0.825. The van der Waals surface area contributed by atoms with Crippen LogP contribution in [0.5, 0.6) is 0 Å². The third-order valence-corrected chi connectivity index (χ3v) is 5.95. The van der Waals surface area contributed by atoms with Crippen LogP contribution in [0, 0.1) is 5.92 Å². The van der Waals surface area contributed by atoms with E-state index in [2.05, 4.69) is 20.4 Å². The van der Waals surface area contributed by atoms with Crippen LogP contribution in [0.4, 0.5) is 19.0 Å². The topological polar surface area (TPSA) is 49.8 Å². The van der Waals surface area contributed by atoms with Crippen molar-refractivity contribution in [3.05, 3.63) is 36.0 Å². The Bertz CT molecular complexity index is 921. The van der Waals surface area contributed by atoms with E-state index in [1.807, 2.05) is 0 Å². The van der Waals surface area contributed by atoms with Gasteiger partial charge in [0.1, 0.15) is 11.4 Å². The summed E-state index contributed by atoms with van der Waals surface area (Å²) in [5, 5.41) is 1.12. The van der Waals surface area contributed by atoms with Gasteiger partial charge >= 0.3 is 6.18 Å². The number of rotatable bonds is 1. The molecule has 0 aliphatic carbocycles. The van der Waals surface area contributed by atoms with E-state index in [0.29, 0.717) is 34.8 Å². The summed E-state index contributed by atoms with van der Waals surface area (Å²) in [7, 11) is 0. The van der Waals surface area contributed by atoms with Gasteiger partial charge < -0.3 is 4.90 Å². The molecule has 2 bridgehead atoms. The Kier molecular flexibility index (Phi) is 3.70. The second-order valence-electron chi connectivity index (χ2n) is 7.66. The highest BCUT2D eigenvalue weighted by Crippen LogP contribution is 2.42. The first-order valence-electron chi connectivity index (χ1n) is 9.12. The highest BCUT2D eigenvalue weighted by Gasteiger charge is 2.52. The molecule has 4 aliphatic heterocycles. The number of nitrogens with zero attached hydrogens (tertiary/aromatic N) is 3. The van der Waals surface area contributed by atoms with Crippen molar-refractivity contribution in [1.82, 2.24) is 15.4 Å². The Hall–Kier alpha value is -2.19. The van der Waals surface area contributed by atoms with Crippen molar-refractivity contribution in [3.8, 4) is 0 Å². The van der Waals surface area contributed by atoms with Gasteiger partial charge in [-0.3, -0.25) is 10.3 Å². The maximum atomic E-state index is 12.9. The molecule has 5 heterocycles. The lowest BCUT2D eigenvalue weighted by Crippen LogP contribution is -2.59.